The van der Waals surface area contributed by atoms with Crippen molar-refractivity contribution in [2.45, 2.75) is 20.1 Å². The molecule has 2 rings (SSSR count). The smallest absolute Gasteiger partial charge is 0.387 e. The van der Waals surface area contributed by atoms with Crippen LogP contribution in [0.15, 0.2) is 53.5 Å². The van der Waals surface area contributed by atoms with Crippen LogP contribution in [0.25, 0.3) is 0 Å². The molecule has 0 aliphatic carbocycles. The van der Waals surface area contributed by atoms with Gasteiger partial charge in [-0.2, -0.15) is 8.78 Å². The number of rotatable bonds is 8. The third kappa shape index (κ3) is 7.43. The molecule has 0 radical (unpaired) electrons. The molecule has 1 amide bonds. The summed E-state index contributed by atoms with van der Waals surface area (Å²) in [4.78, 5) is 18.4. The number of terminal acetylenes is 1. The van der Waals surface area contributed by atoms with Gasteiger partial charge >= 0.3 is 6.61 Å². The van der Waals surface area contributed by atoms with Gasteiger partial charge in [-0.1, -0.05) is 24.1 Å². The van der Waals surface area contributed by atoms with Crippen LogP contribution >= 0.6 is 0 Å². The Morgan fingerprint density at radius 3 is 2.63 bits per heavy atom. The maximum absolute atomic E-state index is 12.3. The lowest BCUT2D eigenvalue weighted by Crippen LogP contribution is -2.39. The zero-order valence-corrected chi connectivity index (χ0v) is 16.9. The Labute approximate surface area is 174 Å². The Morgan fingerprint density at radius 1 is 1.27 bits per heavy atom. The molecule has 2 aromatic carbocycles. The van der Waals surface area contributed by atoms with Gasteiger partial charge in [-0.15, -0.1) is 6.42 Å². The van der Waals surface area contributed by atoms with Gasteiger partial charge in [0.2, 0.25) is 5.91 Å². The number of carbonyl (C=O) groups excluding carboxylic acids is 1. The van der Waals surface area contributed by atoms with Gasteiger partial charge in [0.05, 0.1) is 0 Å². The van der Waals surface area contributed by atoms with E-state index in [2.05, 4.69) is 26.3 Å². The number of anilines is 1. The van der Waals surface area contributed by atoms with E-state index < -0.39 is 6.61 Å². The fourth-order valence-electron chi connectivity index (χ4n) is 2.63. The SMILES string of the molecule is C#Cc1cccc(NC(=O)CN=C(NCC)N(C)Cc2ccc(OC(F)F)cc2)c1. The van der Waals surface area contributed by atoms with Crippen molar-refractivity contribution in [1.29, 1.82) is 0 Å². The number of guanidine groups is 1. The van der Waals surface area contributed by atoms with Crippen LogP contribution in [0.5, 0.6) is 5.75 Å². The van der Waals surface area contributed by atoms with Crippen molar-refractivity contribution in [3.63, 3.8) is 0 Å². The second-order valence-electron chi connectivity index (χ2n) is 6.32. The molecule has 0 saturated carbocycles. The van der Waals surface area contributed by atoms with Gasteiger partial charge in [-0.3, -0.25) is 4.79 Å². The van der Waals surface area contributed by atoms with Crippen LogP contribution in [0.2, 0.25) is 0 Å². The van der Waals surface area contributed by atoms with E-state index in [1.807, 2.05) is 18.9 Å². The fraction of sp³-hybridized carbons (Fsp3) is 0.273. The molecule has 158 valence electrons. The van der Waals surface area contributed by atoms with E-state index >= 15 is 0 Å². The molecule has 2 aromatic rings. The van der Waals surface area contributed by atoms with Crippen molar-refractivity contribution in [1.82, 2.24) is 10.2 Å². The van der Waals surface area contributed by atoms with E-state index in [-0.39, 0.29) is 18.2 Å². The molecule has 0 heterocycles. The Balaban J connectivity index is 1.98. The monoisotopic (exact) mass is 414 g/mol. The van der Waals surface area contributed by atoms with Crippen LogP contribution in [0.3, 0.4) is 0 Å². The van der Waals surface area contributed by atoms with Crippen LogP contribution in [0, 0.1) is 12.3 Å². The van der Waals surface area contributed by atoms with E-state index in [9.17, 15) is 13.6 Å². The van der Waals surface area contributed by atoms with Gasteiger partial charge in [0.25, 0.3) is 0 Å². The number of hydrogen-bond donors (Lipinski definition) is 2. The average molecular weight is 414 g/mol. The summed E-state index contributed by atoms with van der Waals surface area (Å²) in [6.45, 7) is 0.0773. The number of ether oxygens (including phenoxy) is 1. The van der Waals surface area contributed by atoms with Crippen molar-refractivity contribution >= 4 is 17.6 Å². The molecule has 0 spiro atoms. The molecule has 8 heteroatoms. The first-order chi connectivity index (χ1) is 14.4. The number of amides is 1. The Kier molecular flexibility index (Phi) is 8.63. The predicted octanol–water partition coefficient (Wildman–Crippen LogP) is 3.31. The molecule has 0 bridgehead atoms. The molecule has 30 heavy (non-hydrogen) atoms. The third-order valence-corrected chi connectivity index (χ3v) is 3.95. The van der Waals surface area contributed by atoms with Gasteiger partial charge in [-0.05, 0) is 42.8 Å². The Hall–Kier alpha value is -3.60. The van der Waals surface area contributed by atoms with E-state index in [1.165, 1.54) is 12.1 Å². The number of nitrogens with one attached hydrogen (secondary N) is 2. The van der Waals surface area contributed by atoms with Crippen molar-refractivity contribution < 1.29 is 18.3 Å². The summed E-state index contributed by atoms with van der Waals surface area (Å²) >= 11 is 0. The largest absolute Gasteiger partial charge is 0.435 e. The molecule has 0 fully saturated rings. The van der Waals surface area contributed by atoms with Gasteiger partial charge in [0, 0.05) is 31.4 Å². The highest BCUT2D eigenvalue weighted by Gasteiger charge is 2.10. The van der Waals surface area contributed by atoms with Gasteiger partial charge in [0.15, 0.2) is 5.96 Å². The molecule has 0 saturated heterocycles. The summed E-state index contributed by atoms with van der Waals surface area (Å²) in [6.07, 6.45) is 5.37. The summed E-state index contributed by atoms with van der Waals surface area (Å²) in [7, 11) is 1.82. The third-order valence-electron chi connectivity index (χ3n) is 3.95. The zero-order chi connectivity index (χ0) is 21.9. The van der Waals surface area contributed by atoms with E-state index in [1.54, 1.807) is 36.4 Å². The first-order valence-corrected chi connectivity index (χ1v) is 9.31. The summed E-state index contributed by atoms with van der Waals surface area (Å²) in [5.41, 5.74) is 2.16. The van der Waals surface area contributed by atoms with E-state index in [0.29, 0.717) is 30.3 Å². The van der Waals surface area contributed by atoms with Crippen molar-refractivity contribution in [3.8, 4) is 18.1 Å². The van der Waals surface area contributed by atoms with Crippen molar-refractivity contribution in [3.05, 3.63) is 59.7 Å². The maximum Gasteiger partial charge on any atom is 0.387 e. The first kappa shape index (κ1) is 22.7. The van der Waals surface area contributed by atoms with Gasteiger partial charge in [-0.25, -0.2) is 4.99 Å². The summed E-state index contributed by atoms with van der Waals surface area (Å²) in [6, 6.07) is 13.4. The summed E-state index contributed by atoms with van der Waals surface area (Å²) < 4.78 is 28.9. The lowest BCUT2D eigenvalue weighted by Gasteiger charge is -2.22. The lowest BCUT2D eigenvalue weighted by atomic mass is 10.2. The molecule has 0 aliphatic heterocycles. The number of aliphatic imine (C=N–C) groups is 1. The molecule has 0 aliphatic rings. The van der Waals surface area contributed by atoms with E-state index in [4.69, 9.17) is 6.42 Å². The van der Waals surface area contributed by atoms with Gasteiger partial charge < -0.3 is 20.3 Å². The quantitative estimate of drug-likeness (QED) is 0.395. The molecular weight excluding hydrogens is 390 g/mol. The highest BCUT2D eigenvalue weighted by Crippen LogP contribution is 2.16. The van der Waals surface area contributed by atoms with Crippen LogP contribution in [0.1, 0.15) is 18.1 Å². The maximum atomic E-state index is 12.3. The standard InChI is InChI=1S/C22H24F2N4O2/c1-4-16-7-6-8-18(13-16)27-20(29)14-26-22(25-5-2)28(3)15-17-9-11-19(12-10-17)30-21(23)24/h1,6-13,21H,5,14-15H2,2-3H3,(H,25,26)(H,27,29). The Morgan fingerprint density at radius 2 is 2.00 bits per heavy atom. The van der Waals surface area contributed by atoms with E-state index in [0.717, 1.165) is 5.56 Å². The fourth-order valence-corrected chi connectivity index (χ4v) is 2.63. The highest BCUT2D eigenvalue weighted by molar-refractivity contribution is 5.94. The van der Waals surface area contributed by atoms with Crippen LogP contribution in [-0.2, 0) is 11.3 Å². The number of alkyl halides is 2. The van der Waals surface area contributed by atoms with Gasteiger partial charge in [0.1, 0.15) is 12.3 Å². The lowest BCUT2D eigenvalue weighted by molar-refractivity contribution is -0.114. The second-order valence-corrected chi connectivity index (χ2v) is 6.32. The summed E-state index contributed by atoms with van der Waals surface area (Å²) in [5.74, 6) is 2.88. The molecule has 0 unspecified atom stereocenters. The number of nitrogens with zero attached hydrogens (tertiary/aromatic N) is 2. The average Bonchev–Trinajstić information content (AvgIpc) is 2.72. The van der Waals surface area contributed by atoms with Crippen LogP contribution in [0.4, 0.5) is 14.5 Å². The molecule has 0 aromatic heterocycles. The minimum absolute atomic E-state index is 0.0753. The van der Waals surface area contributed by atoms with Crippen molar-refractivity contribution in [2.75, 3.05) is 25.5 Å². The predicted molar refractivity (Wildman–Crippen MR) is 114 cm³/mol. The Bertz CT molecular complexity index is 908. The number of carbonyl (C=O) groups is 1. The highest BCUT2D eigenvalue weighted by atomic mass is 19.3. The number of benzene rings is 2. The zero-order valence-electron chi connectivity index (χ0n) is 16.9. The topological polar surface area (TPSA) is 66.0 Å². The second kappa shape index (κ2) is 11.4. The normalized spacial score (nSPS) is 11.0. The minimum Gasteiger partial charge on any atom is -0.435 e. The molecule has 6 nitrogen and oxygen atoms in total. The molecule has 0 atom stereocenters. The number of halogens is 2. The number of hydrogen-bond acceptors (Lipinski definition) is 3. The van der Waals surface area contributed by atoms with Crippen LogP contribution < -0.4 is 15.4 Å². The molecule has 2 N–H and O–H groups in total. The first-order valence-electron chi connectivity index (χ1n) is 9.31. The van der Waals surface area contributed by atoms with Crippen LogP contribution in [-0.4, -0.2) is 43.5 Å². The van der Waals surface area contributed by atoms with Crippen molar-refractivity contribution in [2.24, 2.45) is 4.99 Å². The minimum atomic E-state index is -2.86. The summed E-state index contributed by atoms with van der Waals surface area (Å²) in [5, 5.41) is 5.88. The molecular formula is C22H24F2N4O2.